The van der Waals surface area contributed by atoms with Gasteiger partial charge >= 0.3 is 5.88 Å². The Balaban J connectivity index is 2.14. The average molecular weight is 224 g/mol. The molecule has 0 fully saturated rings. The molecule has 1 aromatic heterocycles. The number of ketones is 1. The van der Waals surface area contributed by atoms with Gasteiger partial charge in [-0.1, -0.05) is 5.16 Å². The highest BCUT2D eigenvalue weighted by atomic mass is 16.7. The largest absolute Gasteiger partial charge is 0.433 e. The molecule has 84 valence electrons. The van der Waals surface area contributed by atoms with Crippen LogP contribution in [-0.4, -0.2) is 22.5 Å². The Hall–Kier alpha value is -2.18. The Morgan fingerprint density at radius 2 is 2.38 bits per heavy atom. The number of hydrogen-bond donors (Lipinski definition) is 0. The van der Waals surface area contributed by atoms with Gasteiger partial charge < -0.3 is 9.25 Å². The van der Waals surface area contributed by atoms with Crippen LogP contribution in [0, 0.1) is 10.1 Å². The number of Topliss-reactive ketones (excluding diaryl/α,β-unsaturated/α-hetero) is 1. The van der Waals surface area contributed by atoms with Crippen molar-refractivity contribution in [3.8, 4) is 0 Å². The zero-order valence-electron chi connectivity index (χ0n) is 8.37. The number of furan rings is 1. The van der Waals surface area contributed by atoms with Crippen LogP contribution in [0.25, 0.3) is 0 Å². The number of hydrogen-bond acceptors (Lipinski definition) is 6. The van der Waals surface area contributed by atoms with Crippen LogP contribution >= 0.6 is 0 Å². The van der Waals surface area contributed by atoms with Crippen molar-refractivity contribution in [3.63, 3.8) is 0 Å². The summed E-state index contributed by atoms with van der Waals surface area (Å²) in [6.07, 6.45) is -0.334. The van der Waals surface area contributed by atoms with E-state index in [0.717, 1.165) is 0 Å². The van der Waals surface area contributed by atoms with Crippen molar-refractivity contribution in [1.29, 1.82) is 0 Å². The highest BCUT2D eigenvalue weighted by molar-refractivity contribution is 6.02. The van der Waals surface area contributed by atoms with Crippen molar-refractivity contribution in [3.05, 3.63) is 28.0 Å². The van der Waals surface area contributed by atoms with E-state index in [-0.39, 0.29) is 23.8 Å². The van der Waals surface area contributed by atoms with Crippen LogP contribution in [0.2, 0.25) is 0 Å². The molecule has 2 rings (SSSR count). The monoisotopic (exact) mass is 224 g/mol. The maximum atomic E-state index is 11.0. The Morgan fingerprint density at radius 3 is 2.88 bits per heavy atom. The predicted molar refractivity (Wildman–Crippen MR) is 52.1 cm³/mol. The van der Waals surface area contributed by atoms with E-state index < -0.39 is 11.0 Å². The number of nitrogens with zero attached hydrogens (tertiary/aromatic N) is 2. The maximum Gasteiger partial charge on any atom is 0.433 e. The summed E-state index contributed by atoms with van der Waals surface area (Å²) in [5.74, 6) is -0.237. The third-order valence-electron chi connectivity index (χ3n) is 2.18. The summed E-state index contributed by atoms with van der Waals surface area (Å²) in [5, 5.41) is 14.0. The first-order chi connectivity index (χ1) is 7.58. The molecule has 0 spiro atoms. The molecule has 1 unspecified atom stereocenters. The molecule has 0 N–H and O–H groups in total. The molecule has 2 heterocycles. The molecular formula is C9H8N2O5. The third-order valence-corrected chi connectivity index (χ3v) is 2.18. The maximum absolute atomic E-state index is 11.0. The standard InChI is InChI=1S/C9H8N2O5/c1-5(12)8-4-6(10-16-8)7-2-3-9(15-7)11(13)14/h2-3,8H,4H2,1H3. The van der Waals surface area contributed by atoms with Crippen molar-refractivity contribution < 1.29 is 19.0 Å². The molecule has 0 radical (unpaired) electrons. The van der Waals surface area contributed by atoms with Gasteiger partial charge in [0.1, 0.15) is 10.6 Å². The number of nitro groups is 1. The number of carbonyl (C=O) groups excluding carboxylic acids is 1. The lowest BCUT2D eigenvalue weighted by molar-refractivity contribution is -0.402. The summed E-state index contributed by atoms with van der Waals surface area (Å²) in [4.78, 5) is 25.6. The first kappa shape index (κ1) is 10.3. The van der Waals surface area contributed by atoms with Crippen LogP contribution < -0.4 is 0 Å². The number of rotatable bonds is 3. The van der Waals surface area contributed by atoms with E-state index in [2.05, 4.69) is 5.16 Å². The fraction of sp³-hybridized carbons (Fsp3) is 0.333. The first-order valence-corrected chi connectivity index (χ1v) is 4.55. The molecule has 1 atom stereocenters. The molecule has 0 aliphatic carbocycles. The number of carbonyl (C=O) groups is 1. The second-order valence-corrected chi connectivity index (χ2v) is 3.34. The van der Waals surface area contributed by atoms with Gasteiger partial charge in [0.2, 0.25) is 0 Å². The summed E-state index contributed by atoms with van der Waals surface area (Å²) < 4.78 is 4.94. The fourth-order valence-electron chi connectivity index (χ4n) is 1.32. The van der Waals surface area contributed by atoms with Crippen molar-refractivity contribution >= 4 is 17.4 Å². The van der Waals surface area contributed by atoms with Gasteiger partial charge in [0.25, 0.3) is 0 Å². The Bertz CT molecular complexity index is 476. The van der Waals surface area contributed by atoms with Crippen LogP contribution in [0.3, 0.4) is 0 Å². The molecule has 1 aliphatic heterocycles. The van der Waals surface area contributed by atoms with E-state index in [0.29, 0.717) is 5.71 Å². The van der Waals surface area contributed by atoms with E-state index in [4.69, 9.17) is 9.25 Å². The Morgan fingerprint density at radius 1 is 1.62 bits per heavy atom. The summed E-state index contributed by atoms with van der Waals surface area (Å²) in [5.41, 5.74) is 0.410. The SMILES string of the molecule is CC(=O)C1CC(c2ccc([N+](=O)[O-])o2)=NO1. The summed E-state index contributed by atoms with van der Waals surface area (Å²) in [6.45, 7) is 1.40. The van der Waals surface area contributed by atoms with Crippen molar-refractivity contribution in [2.24, 2.45) is 5.16 Å². The van der Waals surface area contributed by atoms with E-state index in [9.17, 15) is 14.9 Å². The Labute approximate surface area is 89.8 Å². The minimum Gasteiger partial charge on any atom is -0.399 e. The summed E-state index contributed by atoms with van der Waals surface area (Å²) in [6, 6.07) is 2.67. The second-order valence-electron chi connectivity index (χ2n) is 3.34. The van der Waals surface area contributed by atoms with E-state index in [1.54, 1.807) is 0 Å². The van der Waals surface area contributed by atoms with Gasteiger partial charge in [0.05, 0.1) is 6.07 Å². The molecule has 0 bridgehead atoms. The summed E-state index contributed by atoms with van der Waals surface area (Å²) in [7, 11) is 0. The molecule has 7 heteroatoms. The van der Waals surface area contributed by atoms with Crippen LogP contribution in [0.1, 0.15) is 19.1 Å². The molecule has 0 saturated carbocycles. The van der Waals surface area contributed by atoms with Crippen molar-refractivity contribution in [2.75, 3.05) is 0 Å². The molecule has 7 nitrogen and oxygen atoms in total. The predicted octanol–water partition coefficient (Wildman–Crippen LogP) is 1.27. The third kappa shape index (κ3) is 1.79. The van der Waals surface area contributed by atoms with Gasteiger partial charge in [-0.15, -0.1) is 0 Å². The zero-order valence-corrected chi connectivity index (χ0v) is 8.37. The molecule has 1 aromatic rings. The quantitative estimate of drug-likeness (QED) is 0.569. The van der Waals surface area contributed by atoms with Gasteiger partial charge in [-0.2, -0.15) is 0 Å². The van der Waals surface area contributed by atoms with E-state index >= 15 is 0 Å². The smallest absolute Gasteiger partial charge is 0.399 e. The minimum absolute atomic E-state index is 0.139. The average Bonchev–Trinajstić information content (AvgIpc) is 2.86. The van der Waals surface area contributed by atoms with Gasteiger partial charge in [-0.05, 0) is 13.0 Å². The van der Waals surface area contributed by atoms with Gasteiger partial charge in [-0.3, -0.25) is 14.9 Å². The zero-order chi connectivity index (χ0) is 11.7. The highest BCUT2D eigenvalue weighted by Crippen LogP contribution is 2.22. The normalized spacial score (nSPS) is 19.1. The van der Waals surface area contributed by atoms with Gasteiger partial charge in [0.15, 0.2) is 17.6 Å². The van der Waals surface area contributed by atoms with Crippen LogP contribution in [0.15, 0.2) is 21.7 Å². The highest BCUT2D eigenvalue weighted by Gasteiger charge is 2.28. The van der Waals surface area contributed by atoms with Crippen LogP contribution in [0.5, 0.6) is 0 Å². The first-order valence-electron chi connectivity index (χ1n) is 4.55. The topological polar surface area (TPSA) is 94.9 Å². The molecule has 0 saturated heterocycles. The molecule has 1 aliphatic rings. The van der Waals surface area contributed by atoms with Crippen LogP contribution in [-0.2, 0) is 9.63 Å². The minimum atomic E-state index is -0.637. The van der Waals surface area contributed by atoms with E-state index in [1.165, 1.54) is 19.1 Å². The van der Waals surface area contributed by atoms with Gasteiger partial charge in [-0.25, -0.2) is 0 Å². The van der Waals surface area contributed by atoms with Gasteiger partial charge in [0, 0.05) is 6.42 Å². The molecule has 0 amide bonds. The van der Waals surface area contributed by atoms with Crippen molar-refractivity contribution in [1.82, 2.24) is 0 Å². The lowest BCUT2D eigenvalue weighted by atomic mass is 10.1. The molecule has 0 aromatic carbocycles. The molecular weight excluding hydrogens is 216 g/mol. The summed E-state index contributed by atoms with van der Waals surface area (Å²) >= 11 is 0. The Kier molecular flexibility index (Phi) is 2.43. The number of oxime groups is 1. The van der Waals surface area contributed by atoms with Crippen LogP contribution in [0.4, 0.5) is 5.88 Å². The lowest BCUT2D eigenvalue weighted by Crippen LogP contribution is -2.17. The second kappa shape index (κ2) is 3.76. The molecule has 16 heavy (non-hydrogen) atoms. The fourth-order valence-corrected chi connectivity index (χ4v) is 1.32. The van der Waals surface area contributed by atoms with E-state index in [1.807, 2.05) is 0 Å². The lowest BCUT2D eigenvalue weighted by Gasteiger charge is -2.00. The van der Waals surface area contributed by atoms with Crippen molar-refractivity contribution in [2.45, 2.75) is 19.4 Å².